The van der Waals surface area contributed by atoms with Crippen molar-refractivity contribution in [1.29, 1.82) is 0 Å². The highest BCUT2D eigenvalue weighted by Gasteiger charge is 2.33. The number of aliphatic imine (C=N–C) groups is 1. The summed E-state index contributed by atoms with van der Waals surface area (Å²) in [6.07, 6.45) is 0. The lowest BCUT2D eigenvalue weighted by atomic mass is 10.2. The van der Waals surface area contributed by atoms with Crippen LogP contribution >= 0.6 is 0 Å². The van der Waals surface area contributed by atoms with E-state index in [1.54, 1.807) is 17.0 Å². The molecule has 1 atom stereocenters. The summed E-state index contributed by atoms with van der Waals surface area (Å²) >= 11 is 0. The van der Waals surface area contributed by atoms with Crippen LogP contribution in [0.2, 0.25) is 0 Å². The predicted octanol–water partition coefficient (Wildman–Crippen LogP) is 3.24. The van der Waals surface area contributed by atoms with E-state index in [0.29, 0.717) is 18.2 Å². The van der Waals surface area contributed by atoms with Crippen molar-refractivity contribution in [3.05, 3.63) is 66.2 Å². The second-order valence-corrected chi connectivity index (χ2v) is 4.93. The lowest BCUT2D eigenvalue weighted by molar-refractivity contribution is 0.0828. The van der Waals surface area contributed by atoms with Gasteiger partial charge in [0.2, 0.25) is 0 Å². The van der Waals surface area contributed by atoms with Crippen LogP contribution in [0.1, 0.15) is 17.3 Å². The van der Waals surface area contributed by atoms with Crippen LogP contribution in [0.25, 0.3) is 0 Å². The Bertz CT molecular complexity index is 653. The molecule has 1 amide bonds. The van der Waals surface area contributed by atoms with Gasteiger partial charge in [-0.25, -0.2) is 0 Å². The second-order valence-electron chi connectivity index (χ2n) is 4.93. The van der Waals surface area contributed by atoms with E-state index in [2.05, 4.69) is 4.99 Å². The molecule has 0 aliphatic carbocycles. The number of hydrogen-bond acceptors (Lipinski definition) is 3. The van der Waals surface area contributed by atoms with Gasteiger partial charge in [-0.2, -0.15) is 4.99 Å². The van der Waals surface area contributed by atoms with Crippen molar-refractivity contribution in [2.45, 2.75) is 13.0 Å². The lowest BCUT2D eigenvalue weighted by Gasteiger charge is -2.18. The zero-order valence-electron chi connectivity index (χ0n) is 11.8. The fourth-order valence-corrected chi connectivity index (χ4v) is 2.23. The van der Waals surface area contributed by atoms with Crippen LogP contribution in [-0.4, -0.2) is 29.5 Å². The molecule has 1 fully saturated rings. The van der Waals surface area contributed by atoms with Crippen molar-refractivity contribution >= 4 is 17.6 Å². The van der Waals surface area contributed by atoms with Crippen LogP contribution < -0.4 is 0 Å². The number of ether oxygens (including phenoxy) is 1. The first-order chi connectivity index (χ1) is 10.3. The minimum absolute atomic E-state index is 0.0276. The number of hydrogen-bond donors (Lipinski definition) is 0. The quantitative estimate of drug-likeness (QED) is 0.847. The summed E-state index contributed by atoms with van der Waals surface area (Å²) < 4.78 is 5.58. The van der Waals surface area contributed by atoms with E-state index in [4.69, 9.17) is 4.74 Å². The zero-order chi connectivity index (χ0) is 14.7. The molecular formula is C17H16N2O2. The van der Waals surface area contributed by atoms with Gasteiger partial charge in [-0.15, -0.1) is 0 Å². The largest absolute Gasteiger partial charge is 0.462 e. The molecule has 0 aromatic heterocycles. The van der Waals surface area contributed by atoms with E-state index < -0.39 is 0 Å². The average Bonchev–Trinajstić information content (AvgIpc) is 2.89. The normalized spacial score (nSPS) is 19.6. The number of carbonyl (C=O) groups is 1. The molecule has 21 heavy (non-hydrogen) atoms. The molecule has 1 unspecified atom stereocenters. The molecule has 1 aliphatic heterocycles. The topological polar surface area (TPSA) is 41.9 Å². The summed E-state index contributed by atoms with van der Waals surface area (Å²) in [5.41, 5.74) is 1.41. The average molecular weight is 280 g/mol. The molecule has 0 saturated carbocycles. The van der Waals surface area contributed by atoms with Gasteiger partial charge in [0.1, 0.15) is 6.61 Å². The minimum Gasteiger partial charge on any atom is -0.462 e. The SMILES string of the molecule is CC1COC(=Nc2ccccc2)N1C(=O)c1ccccc1. The first-order valence-corrected chi connectivity index (χ1v) is 6.91. The Morgan fingerprint density at radius 3 is 2.38 bits per heavy atom. The van der Waals surface area contributed by atoms with E-state index in [1.807, 2.05) is 55.5 Å². The lowest BCUT2D eigenvalue weighted by Crippen LogP contribution is -2.37. The summed E-state index contributed by atoms with van der Waals surface area (Å²) in [5, 5.41) is 0. The summed E-state index contributed by atoms with van der Waals surface area (Å²) in [5.74, 6) is -0.0877. The van der Waals surface area contributed by atoms with Gasteiger partial charge in [0.15, 0.2) is 0 Å². The molecule has 3 rings (SSSR count). The van der Waals surface area contributed by atoms with Crippen LogP contribution in [0, 0.1) is 0 Å². The molecule has 4 nitrogen and oxygen atoms in total. The molecule has 1 heterocycles. The highest BCUT2D eigenvalue weighted by atomic mass is 16.5. The van der Waals surface area contributed by atoms with E-state index in [9.17, 15) is 4.79 Å². The molecule has 2 aromatic rings. The maximum Gasteiger partial charge on any atom is 0.300 e. The Labute approximate surface area is 123 Å². The maximum absolute atomic E-state index is 12.6. The minimum atomic E-state index is -0.0877. The Morgan fingerprint density at radius 1 is 1.10 bits per heavy atom. The standard InChI is InChI=1S/C17H16N2O2/c1-13-12-21-17(18-15-10-6-3-7-11-15)19(13)16(20)14-8-4-2-5-9-14/h2-11,13H,12H2,1H3. The highest BCUT2D eigenvalue weighted by Crippen LogP contribution is 2.20. The molecule has 0 radical (unpaired) electrons. The van der Waals surface area contributed by atoms with Crippen molar-refractivity contribution in [2.24, 2.45) is 4.99 Å². The number of nitrogens with zero attached hydrogens (tertiary/aromatic N) is 2. The molecule has 106 valence electrons. The first-order valence-electron chi connectivity index (χ1n) is 6.91. The third-order valence-electron chi connectivity index (χ3n) is 3.32. The van der Waals surface area contributed by atoms with Crippen molar-refractivity contribution < 1.29 is 9.53 Å². The van der Waals surface area contributed by atoms with Gasteiger partial charge in [0.05, 0.1) is 11.7 Å². The van der Waals surface area contributed by atoms with Crippen LogP contribution in [0.15, 0.2) is 65.7 Å². The number of carbonyl (C=O) groups excluding carboxylic acids is 1. The Balaban J connectivity index is 1.92. The summed E-state index contributed by atoms with van der Waals surface area (Å²) in [7, 11) is 0. The van der Waals surface area contributed by atoms with Crippen molar-refractivity contribution in [3.63, 3.8) is 0 Å². The molecule has 0 spiro atoms. The number of benzene rings is 2. The zero-order valence-corrected chi connectivity index (χ0v) is 11.8. The van der Waals surface area contributed by atoms with Gasteiger partial charge in [-0.1, -0.05) is 36.4 Å². The fraction of sp³-hybridized carbons (Fsp3) is 0.176. The monoisotopic (exact) mass is 280 g/mol. The van der Waals surface area contributed by atoms with Crippen molar-refractivity contribution in [3.8, 4) is 0 Å². The van der Waals surface area contributed by atoms with Crippen LogP contribution in [0.5, 0.6) is 0 Å². The van der Waals surface area contributed by atoms with Crippen LogP contribution in [0.3, 0.4) is 0 Å². The summed E-state index contributed by atoms with van der Waals surface area (Å²) in [6.45, 7) is 2.42. The van der Waals surface area contributed by atoms with Crippen molar-refractivity contribution in [2.75, 3.05) is 6.61 Å². The summed E-state index contributed by atoms with van der Waals surface area (Å²) in [6, 6.07) is 19.0. The number of rotatable bonds is 2. The molecular weight excluding hydrogens is 264 g/mol. The Kier molecular flexibility index (Phi) is 3.69. The predicted molar refractivity (Wildman–Crippen MR) is 81.6 cm³/mol. The van der Waals surface area contributed by atoms with Gasteiger partial charge >= 0.3 is 0 Å². The maximum atomic E-state index is 12.6. The van der Waals surface area contributed by atoms with E-state index in [1.165, 1.54) is 0 Å². The number of amidine groups is 1. The number of para-hydroxylation sites is 1. The van der Waals surface area contributed by atoms with Crippen LogP contribution in [-0.2, 0) is 4.74 Å². The summed E-state index contributed by atoms with van der Waals surface area (Å²) in [4.78, 5) is 18.7. The van der Waals surface area contributed by atoms with Gasteiger partial charge in [0, 0.05) is 5.56 Å². The van der Waals surface area contributed by atoms with Crippen molar-refractivity contribution in [1.82, 2.24) is 4.90 Å². The molecule has 0 bridgehead atoms. The number of amides is 1. The van der Waals surface area contributed by atoms with Gasteiger partial charge in [-0.3, -0.25) is 9.69 Å². The second kappa shape index (κ2) is 5.79. The first kappa shape index (κ1) is 13.4. The molecule has 1 aliphatic rings. The van der Waals surface area contributed by atoms with Gasteiger partial charge in [0.25, 0.3) is 11.9 Å². The molecule has 1 saturated heterocycles. The molecule has 4 heteroatoms. The third kappa shape index (κ3) is 2.79. The Morgan fingerprint density at radius 2 is 1.71 bits per heavy atom. The van der Waals surface area contributed by atoms with E-state index in [-0.39, 0.29) is 11.9 Å². The Hall–Kier alpha value is -2.62. The van der Waals surface area contributed by atoms with Crippen LogP contribution in [0.4, 0.5) is 5.69 Å². The smallest absolute Gasteiger partial charge is 0.300 e. The van der Waals surface area contributed by atoms with Gasteiger partial charge in [-0.05, 0) is 31.2 Å². The molecule has 0 N–H and O–H groups in total. The van der Waals surface area contributed by atoms with Gasteiger partial charge < -0.3 is 4.74 Å². The third-order valence-corrected chi connectivity index (χ3v) is 3.32. The highest BCUT2D eigenvalue weighted by molar-refractivity contribution is 6.05. The fourth-order valence-electron chi connectivity index (χ4n) is 2.23. The van der Waals surface area contributed by atoms with E-state index >= 15 is 0 Å². The van der Waals surface area contributed by atoms with E-state index in [0.717, 1.165) is 5.69 Å². The molecule has 2 aromatic carbocycles.